The fourth-order valence-corrected chi connectivity index (χ4v) is 6.50. The first kappa shape index (κ1) is 25.3. The molecule has 0 radical (unpaired) electrons. The summed E-state index contributed by atoms with van der Waals surface area (Å²) in [6.45, 7) is 5.56. The van der Waals surface area contributed by atoms with E-state index in [1.54, 1.807) is 24.2 Å². The van der Waals surface area contributed by atoms with Crippen molar-refractivity contribution in [2.75, 3.05) is 44.8 Å². The number of carbonyl (C=O) groups excluding carboxylic acids is 1. The van der Waals surface area contributed by atoms with Gasteiger partial charge in [-0.05, 0) is 49.3 Å². The zero-order valence-electron chi connectivity index (χ0n) is 22.2. The number of amides is 1. The van der Waals surface area contributed by atoms with Gasteiger partial charge in [0.05, 0.1) is 12.6 Å². The first-order valence-electron chi connectivity index (χ1n) is 13.8. The van der Waals surface area contributed by atoms with Gasteiger partial charge in [-0.1, -0.05) is 6.07 Å². The van der Waals surface area contributed by atoms with Crippen LogP contribution in [-0.4, -0.2) is 71.7 Å². The van der Waals surface area contributed by atoms with Gasteiger partial charge >= 0.3 is 0 Å². The van der Waals surface area contributed by atoms with Crippen LogP contribution in [0.1, 0.15) is 78.9 Å². The molecule has 6 rings (SSSR count). The maximum atomic E-state index is 14.4. The van der Waals surface area contributed by atoms with E-state index in [4.69, 9.17) is 9.84 Å². The minimum absolute atomic E-state index is 0.0454. The summed E-state index contributed by atoms with van der Waals surface area (Å²) in [5, 5.41) is 11.3. The average Bonchev–Trinajstić information content (AvgIpc) is 3.40. The highest BCUT2D eigenvalue weighted by Crippen LogP contribution is 2.43. The number of hydrazone groups is 1. The number of likely N-dealkylation sites (N-methyl/N-ethyl adjacent to an activating group) is 1. The van der Waals surface area contributed by atoms with Gasteiger partial charge in [0, 0.05) is 87.9 Å². The average molecular weight is 527 g/mol. The van der Waals surface area contributed by atoms with Crippen LogP contribution >= 0.6 is 0 Å². The Morgan fingerprint density at radius 3 is 2.76 bits per heavy atom. The number of nitrogens with zero attached hydrogens (tertiary/aromatic N) is 6. The van der Waals surface area contributed by atoms with Crippen molar-refractivity contribution >= 4 is 23.6 Å². The van der Waals surface area contributed by atoms with Crippen LogP contribution in [0.15, 0.2) is 17.2 Å². The van der Waals surface area contributed by atoms with Crippen LogP contribution in [0.3, 0.4) is 0 Å². The highest BCUT2D eigenvalue weighted by atomic mass is 19.3. The van der Waals surface area contributed by atoms with Crippen LogP contribution in [-0.2, 0) is 28.9 Å². The van der Waals surface area contributed by atoms with Crippen LogP contribution < -0.4 is 4.90 Å². The molecule has 1 amide bonds. The standard InChI is InChI=1S/C28H36F2N6O2/c1-18(37)34-10-7-25-24(17-34)28(32-36(25)21-6-4-11-38-12-8-21)35-9-3-5-19-13-22(20-15-31-33(2)16-20)23(27(29)30)14-26(19)35/h13-15,20-21,27H,3-12,16-17H2,1-2H3/t20?,21-/m0/s1. The van der Waals surface area contributed by atoms with Crippen molar-refractivity contribution < 1.29 is 18.3 Å². The monoisotopic (exact) mass is 526 g/mol. The van der Waals surface area contributed by atoms with Gasteiger partial charge in [-0.3, -0.25) is 14.5 Å². The van der Waals surface area contributed by atoms with Crippen molar-refractivity contribution in [3.8, 4) is 0 Å². The van der Waals surface area contributed by atoms with Gasteiger partial charge in [-0.15, -0.1) is 0 Å². The van der Waals surface area contributed by atoms with E-state index < -0.39 is 6.43 Å². The Balaban J connectivity index is 1.44. The second kappa shape index (κ2) is 10.3. The van der Waals surface area contributed by atoms with E-state index in [-0.39, 0.29) is 23.4 Å². The molecule has 0 spiro atoms. The molecule has 2 atom stereocenters. The quantitative estimate of drug-likeness (QED) is 0.584. The fraction of sp³-hybridized carbons (Fsp3) is 0.607. The number of hydrogen-bond donors (Lipinski definition) is 0. The van der Waals surface area contributed by atoms with Crippen LogP contribution in [0.25, 0.3) is 0 Å². The van der Waals surface area contributed by atoms with Crippen LogP contribution in [0.5, 0.6) is 0 Å². The molecule has 1 aromatic carbocycles. The van der Waals surface area contributed by atoms with E-state index in [1.165, 1.54) is 5.69 Å². The van der Waals surface area contributed by atoms with Gasteiger partial charge in [0.2, 0.25) is 5.91 Å². The van der Waals surface area contributed by atoms with E-state index in [0.29, 0.717) is 38.3 Å². The molecule has 2 aromatic rings. The number of halogens is 2. The number of carbonyl (C=O) groups is 1. The summed E-state index contributed by atoms with van der Waals surface area (Å²) in [6.07, 6.45) is 4.58. The molecular formula is C28H36F2N6O2. The summed E-state index contributed by atoms with van der Waals surface area (Å²) in [5.41, 5.74) is 4.85. The van der Waals surface area contributed by atoms with E-state index >= 15 is 0 Å². The number of aryl methyl sites for hydroxylation is 1. The molecule has 0 N–H and O–H groups in total. The van der Waals surface area contributed by atoms with Gasteiger partial charge in [-0.2, -0.15) is 10.2 Å². The van der Waals surface area contributed by atoms with Gasteiger partial charge in [-0.25, -0.2) is 8.78 Å². The van der Waals surface area contributed by atoms with Crippen molar-refractivity contribution in [3.05, 3.63) is 40.1 Å². The minimum atomic E-state index is -2.58. The van der Waals surface area contributed by atoms with E-state index in [9.17, 15) is 13.6 Å². The van der Waals surface area contributed by atoms with Crippen molar-refractivity contribution in [1.82, 2.24) is 19.7 Å². The molecular weight excluding hydrogens is 490 g/mol. The third-order valence-electron chi connectivity index (χ3n) is 8.48. The molecule has 4 aliphatic rings. The van der Waals surface area contributed by atoms with Crippen LogP contribution in [0, 0.1) is 0 Å². The third-order valence-corrected chi connectivity index (χ3v) is 8.48. The molecule has 10 heteroatoms. The lowest BCUT2D eigenvalue weighted by Gasteiger charge is -2.33. The van der Waals surface area contributed by atoms with Crippen LogP contribution in [0.2, 0.25) is 0 Å². The van der Waals surface area contributed by atoms with Crippen molar-refractivity contribution in [2.45, 2.75) is 70.4 Å². The number of aromatic nitrogens is 2. The first-order valence-corrected chi connectivity index (χ1v) is 13.8. The molecule has 38 heavy (non-hydrogen) atoms. The predicted octanol–water partition coefficient (Wildman–Crippen LogP) is 4.57. The van der Waals surface area contributed by atoms with E-state index in [2.05, 4.69) is 14.7 Å². The summed E-state index contributed by atoms with van der Waals surface area (Å²) in [6, 6.07) is 3.91. The molecule has 0 saturated carbocycles. The predicted molar refractivity (Wildman–Crippen MR) is 141 cm³/mol. The molecule has 4 aliphatic heterocycles. The zero-order chi connectivity index (χ0) is 26.4. The number of ether oxygens (including phenoxy) is 1. The third kappa shape index (κ3) is 4.57. The number of alkyl halides is 2. The maximum absolute atomic E-state index is 14.4. The van der Waals surface area contributed by atoms with E-state index in [1.807, 2.05) is 18.0 Å². The fourth-order valence-electron chi connectivity index (χ4n) is 6.50. The zero-order valence-corrected chi connectivity index (χ0v) is 22.2. The Morgan fingerprint density at radius 1 is 1.13 bits per heavy atom. The number of hydrogen-bond acceptors (Lipinski definition) is 6. The smallest absolute Gasteiger partial charge is 0.264 e. The van der Waals surface area contributed by atoms with E-state index in [0.717, 1.165) is 67.8 Å². The Morgan fingerprint density at radius 2 is 2.00 bits per heavy atom. The molecule has 8 nitrogen and oxygen atoms in total. The number of rotatable bonds is 4. The lowest BCUT2D eigenvalue weighted by molar-refractivity contribution is -0.129. The number of fused-ring (bicyclic) bond motifs is 2. The number of anilines is 2. The molecule has 5 heterocycles. The topological polar surface area (TPSA) is 66.2 Å². The SMILES string of the molecule is CC(=O)N1CCc2c(c(N3CCCc4cc(C5C=NN(C)C5)c(C(F)F)cc43)nn2[C@H]2CCCOCC2)C1. The molecule has 0 bridgehead atoms. The molecule has 204 valence electrons. The summed E-state index contributed by atoms with van der Waals surface area (Å²) in [5.74, 6) is 0.717. The highest BCUT2D eigenvalue weighted by molar-refractivity contribution is 5.76. The Labute approximate surface area is 222 Å². The maximum Gasteiger partial charge on any atom is 0.264 e. The second-order valence-corrected chi connectivity index (χ2v) is 11.0. The summed E-state index contributed by atoms with van der Waals surface area (Å²) >= 11 is 0. The highest BCUT2D eigenvalue weighted by Gasteiger charge is 2.34. The molecule has 1 fully saturated rings. The summed E-state index contributed by atoms with van der Waals surface area (Å²) in [7, 11) is 1.86. The lowest BCUT2D eigenvalue weighted by atomic mass is 9.89. The lowest BCUT2D eigenvalue weighted by Crippen LogP contribution is -2.35. The first-order chi connectivity index (χ1) is 18.4. The van der Waals surface area contributed by atoms with Crippen LogP contribution in [0.4, 0.5) is 20.3 Å². The largest absolute Gasteiger partial charge is 0.381 e. The molecule has 1 saturated heterocycles. The van der Waals surface area contributed by atoms with Gasteiger partial charge in [0.1, 0.15) is 0 Å². The van der Waals surface area contributed by atoms with Crippen molar-refractivity contribution in [2.24, 2.45) is 5.10 Å². The van der Waals surface area contributed by atoms with Crippen molar-refractivity contribution in [1.29, 1.82) is 0 Å². The van der Waals surface area contributed by atoms with Gasteiger partial charge < -0.3 is 14.5 Å². The Hall–Kier alpha value is -3.01. The Kier molecular flexibility index (Phi) is 6.84. The summed E-state index contributed by atoms with van der Waals surface area (Å²) in [4.78, 5) is 16.3. The Bertz CT molecular complexity index is 1240. The minimum Gasteiger partial charge on any atom is -0.381 e. The van der Waals surface area contributed by atoms with Gasteiger partial charge in [0.15, 0.2) is 5.82 Å². The second-order valence-electron chi connectivity index (χ2n) is 11.0. The molecule has 0 aliphatic carbocycles. The van der Waals surface area contributed by atoms with Gasteiger partial charge in [0.25, 0.3) is 6.43 Å². The molecule has 1 unspecified atom stereocenters. The summed E-state index contributed by atoms with van der Waals surface area (Å²) < 4.78 is 36.7. The number of benzene rings is 1. The van der Waals surface area contributed by atoms with Crippen molar-refractivity contribution in [3.63, 3.8) is 0 Å². The molecule has 1 aromatic heterocycles. The normalized spacial score (nSPS) is 23.6.